The molecule has 0 amide bonds. The summed E-state index contributed by atoms with van der Waals surface area (Å²) in [6, 6.07) is 24.7. The Labute approximate surface area is 225 Å². The molecule has 3 aromatic rings. The van der Waals surface area contributed by atoms with Gasteiger partial charge in [0.05, 0.1) is 23.3 Å². The fraction of sp³-hybridized carbons (Fsp3) is 0.233. The van der Waals surface area contributed by atoms with E-state index in [-0.39, 0.29) is 24.3 Å². The van der Waals surface area contributed by atoms with Crippen LogP contribution in [0.1, 0.15) is 31.1 Å². The maximum absolute atomic E-state index is 13.0. The van der Waals surface area contributed by atoms with Crippen molar-refractivity contribution in [3.05, 3.63) is 120 Å². The Hall–Kier alpha value is -4.31. The number of rotatable bonds is 10. The number of carbonyl (C=O) groups is 3. The minimum absolute atomic E-state index is 0.0211. The first-order valence-corrected chi connectivity index (χ1v) is 12.3. The van der Waals surface area contributed by atoms with Crippen molar-refractivity contribution in [2.75, 3.05) is 13.2 Å². The molecule has 0 unspecified atom stereocenters. The van der Waals surface area contributed by atoms with E-state index in [9.17, 15) is 19.5 Å². The van der Waals surface area contributed by atoms with Gasteiger partial charge >= 0.3 is 17.9 Å². The van der Waals surface area contributed by atoms with Crippen molar-refractivity contribution in [2.24, 2.45) is 0 Å². The van der Waals surface area contributed by atoms with Gasteiger partial charge in [-0.25, -0.2) is 14.4 Å². The molecule has 39 heavy (non-hydrogen) atoms. The van der Waals surface area contributed by atoms with E-state index in [4.69, 9.17) is 23.7 Å². The first kappa shape index (κ1) is 27.7. The summed E-state index contributed by atoms with van der Waals surface area (Å²) in [5, 5.41) is 10.9. The topological polar surface area (TPSA) is 118 Å². The second kappa shape index (κ2) is 13.5. The molecule has 9 heteroatoms. The van der Waals surface area contributed by atoms with Crippen LogP contribution in [0.15, 0.2) is 104 Å². The highest BCUT2D eigenvalue weighted by Crippen LogP contribution is 2.29. The summed E-state index contributed by atoms with van der Waals surface area (Å²) in [6.07, 6.45) is -5.18. The van der Waals surface area contributed by atoms with Gasteiger partial charge in [0, 0.05) is 0 Å². The highest BCUT2D eigenvalue weighted by Gasteiger charge is 2.51. The minimum atomic E-state index is -1.68. The lowest BCUT2D eigenvalue weighted by molar-refractivity contribution is -0.291. The quantitative estimate of drug-likeness (QED) is 0.237. The number of ether oxygens (including phenoxy) is 5. The number of benzene rings is 3. The van der Waals surface area contributed by atoms with Gasteiger partial charge in [-0.1, -0.05) is 60.7 Å². The van der Waals surface area contributed by atoms with Crippen LogP contribution in [0, 0.1) is 0 Å². The maximum Gasteiger partial charge on any atom is 0.338 e. The average Bonchev–Trinajstić information content (AvgIpc) is 2.98. The van der Waals surface area contributed by atoms with Gasteiger partial charge < -0.3 is 28.8 Å². The van der Waals surface area contributed by atoms with Crippen LogP contribution in [-0.4, -0.2) is 66.9 Å². The van der Waals surface area contributed by atoms with E-state index in [0.717, 1.165) is 0 Å². The lowest BCUT2D eigenvalue weighted by Crippen LogP contribution is -2.62. The van der Waals surface area contributed by atoms with Crippen molar-refractivity contribution >= 4 is 17.9 Å². The van der Waals surface area contributed by atoms with Gasteiger partial charge in [-0.15, -0.1) is 6.58 Å². The summed E-state index contributed by atoms with van der Waals surface area (Å²) in [4.78, 5) is 38.5. The molecule has 9 nitrogen and oxygen atoms in total. The first-order valence-electron chi connectivity index (χ1n) is 12.3. The number of hydrogen-bond donors (Lipinski definition) is 1. The zero-order valence-corrected chi connectivity index (χ0v) is 21.0. The van der Waals surface area contributed by atoms with Crippen LogP contribution in [0.3, 0.4) is 0 Å². The molecule has 1 saturated heterocycles. The molecule has 0 radical (unpaired) electrons. The second-order valence-electron chi connectivity index (χ2n) is 8.59. The minimum Gasteiger partial charge on any atom is -0.459 e. The van der Waals surface area contributed by atoms with Crippen molar-refractivity contribution in [1.29, 1.82) is 0 Å². The van der Waals surface area contributed by atoms with Crippen LogP contribution in [-0.2, 0) is 23.7 Å². The lowest BCUT2D eigenvalue weighted by atomic mass is 9.98. The Kier molecular flexibility index (Phi) is 9.58. The van der Waals surface area contributed by atoms with Crippen molar-refractivity contribution in [2.45, 2.75) is 30.7 Å². The fourth-order valence-electron chi connectivity index (χ4n) is 4.01. The molecule has 0 bridgehead atoms. The molecule has 3 aromatic carbocycles. The second-order valence-corrected chi connectivity index (χ2v) is 8.59. The van der Waals surface area contributed by atoms with Gasteiger partial charge in [-0.2, -0.15) is 0 Å². The van der Waals surface area contributed by atoms with Gasteiger partial charge in [0.25, 0.3) is 0 Å². The molecule has 0 saturated carbocycles. The number of aliphatic hydroxyl groups excluding tert-OH is 1. The van der Waals surface area contributed by atoms with E-state index in [0.29, 0.717) is 5.56 Å². The molecule has 0 aliphatic carbocycles. The van der Waals surface area contributed by atoms with Crippen LogP contribution in [0.4, 0.5) is 0 Å². The number of aliphatic hydroxyl groups is 1. The summed E-state index contributed by atoms with van der Waals surface area (Å²) < 4.78 is 28.4. The summed E-state index contributed by atoms with van der Waals surface area (Å²) in [6.45, 7) is 3.23. The van der Waals surface area contributed by atoms with Crippen LogP contribution in [0.25, 0.3) is 0 Å². The van der Waals surface area contributed by atoms with Gasteiger partial charge in [-0.3, -0.25) is 0 Å². The SMILES string of the molecule is C=CCO[C@@H]1[C@@H](OC(=O)c2ccccc2)[C@@H](O)O[C@H](COC(=O)c2ccccc2)[C@H]1OC(=O)c1ccccc1. The highest BCUT2D eigenvalue weighted by molar-refractivity contribution is 5.90. The van der Waals surface area contributed by atoms with Crippen LogP contribution in [0.5, 0.6) is 0 Å². The van der Waals surface area contributed by atoms with Crippen molar-refractivity contribution in [1.82, 2.24) is 0 Å². The molecule has 0 aromatic heterocycles. The molecular weight excluding hydrogens is 504 g/mol. The van der Waals surface area contributed by atoms with Crippen molar-refractivity contribution in [3.8, 4) is 0 Å². The predicted octanol–water partition coefficient (Wildman–Crippen LogP) is 3.58. The van der Waals surface area contributed by atoms with E-state index >= 15 is 0 Å². The molecule has 0 spiro atoms. The highest BCUT2D eigenvalue weighted by atomic mass is 16.7. The summed E-state index contributed by atoms with van der Waals surface area (Å²) >= 11 is 0. The van der Waals surface area contributed by atoms with Gasteiger partial charge in [0.15, 0.2) is 18.5 Å². The normalized spacial score (nSPS) is 22.3. The van der Waals surface area contributed by atoms with Gasteiger partial charge in [0.2, 0.25) is 0 Å². The molecule has 4 rings (SSSR count). The van der Waals surface area contributed by atoms with Crippen molar-refractivity contribution < 1.29 is 43.2 Å². The molecule has 1 heterocycles. The van der Waals surface area contributed by atoms with E-state index in [1.54, 1.807) is 91.0 Å². The Morgan fingerprint density at radius 2 is 1.18 bits per heavy atom. The molecule has 5 atom stereocenters. The summed E-state index contributed by atoms with van der Waals surface area (Å²) in [5.74, 6) is -2.08. The summed E-state index contributed by atoms with van der Waals surface area (Å²) in [5.41, 5.74) is 0.800. The summed E-state index contributed by atoms with van der Waals surface area (Å²) in [7, 11) is 0. The number of esters is 3. The third-order valence-electron chi connectivity index (χ3n) is 5.91. The maximum atomic E-state index is 13.0. The monoisotopic (exact) mass is 532 g/mol. The Balaban J connectivity index is 1.60. The fourth-order valence-corrected chi connectivity index (χ4v) is 4.01. The van der Waals surface area contributed by atoms with Crippen LogP contribution >= 0.6 is 0 Å². The Bertz CT molecular complexity index is 1250. The number of carbonyl (C=O) groups excluding carboxylic acids is 3. The van der Waals surface area contributed by atoms with Crippen molar-refractivity contribution in [3.63, 3.8) is 0 Å². The third-order valence-corrected chi connectivity index (χ3v) is 5.91. The first-order chi connectivity index (χ1) is 19.0. The van der Waals surface area contributed by atoms with E-state index in [2.05, 4.69) is 6.58 Å². The third kappa shape index (κ3) is 7.17. The van der Waals surface area contributed by atoms with E-state index in [1.165, 1.54) is 6.08 Å². The molecule has 202 valence electrons. The zero-order chi connectivity index (χ0) is 27.6. The zero-order valence-electron chi connectivity index (χ0n) is 21.0. The number of hydrogen-bond acceptors (Lipinski definition) is 9. The van der Waals surface area contributed by atoms with Crippen LogP contribution in [0.2, 0.25) is 0 Å². The largest absolute Gasteiger partial charge is 0.459 e. The Morgan fingerprint density at radius 3 is 1.67 bits per heavy atom. The lowest BCUT2D eigenvalue weighted by Gasteiger charge is -2.43. The van der Waals surface area contributed by atoms with E-state index in [1.807, 2.05) is 0 Å². The predicted molar refractivity (Wildman–Crippen MR) is 139 cm³/mol. The molecule has 1 aliphatic heterocycles. The smallest absolute Gasteiger partial charge is 0.338 e. The van der Waals surface area contributed by atoms with Crippen LogP contribution < -0.4 is 0 Å². The molecule has 1 fully saturated rings. The molecule has 1 N–H and O–H groups in total. The Morgan fingerprint density at radius 1 is 0.718 bits per heavy atom. The molecular formula is C30H28O9. The van der Waals surface area contributed by atoms with E-state index < -0.39 is 48.6 Å². The van der Waals surface area contributed by atoms with Gasteiger partial charge in [-0.05, 0) is 36.4 Å². The molecule has 1 aliphatic rings. The average molecular weight is 533 g/mol. The van der Waals surface area contributed by atoms with Gasteiger partial charge in [0.1, 0.15) is 18.8 Å². The standard InChI is InChI=1S/C30H28O9/c1-2-18-35-25-24(38-28(32)21-14-8-4-9-15-21)23(19-36-27(31)20-12-6-3-7-13-20)37-30(34)26(25)39-29(33)22-16-10-5-11-17-22/h2-17,23-26,30,34H,1,18-19H2/t23-,24-,25+,26-,30+/m1/s1.